The third kappa shape index (κ3) is 6.03. The number of benzene rings is 2. The van der Waals surface area contributed by atoms with Crippen molar-refractivity contribution in [3.63, 3.8) is 0 Å². The van der Waals surface area contributed by atoms with E-state index >= 15 is 0 Å². The fourth-order valence-corrected chi connectivity index (χ4v) is 3.68. The number of hydrogen-bond donors (Lipinski definition) is 1. The number of para-hydroxylation sites is 2. The fraction of sp³-hybridized carbons (Fsp3) is 0.381. The molecule has 0 radical (unpaired) electrons. The molecule has 0 bridgehead atoms. The van der Waals surface area contributed by atoms with Gasteiger partial charge in [-0.1, -0.05) is 23.7 Å². The second-order valence-electron chi connectivity index (χ2n) is 7.14. The van der Waals surface area contributed by atoms with Gasteiger partial charge < -0.3 is 19.1 Å². The number of carbonyl (C=O) groups excluding carboxylic acids is 1. The highest BCUT2D eigenvalue weighted by Crippen LogP contribution is 2.32. The summed E-state index contributed by atoms with van der Waals surface area (Å²) < 4.78 is 34.5. The standard InChI is InChI=1S/C21H25ClN2O5S/c1-3-30(26,27)29-19-11-10-17(22)12-16(19)14-24(13-15-8-9-15)21(25)23-18-6-4-5-7-20(18)28-2/h4-7,10-12,15H,3,8-9,13-14H2,1-2H3,(H,23,25). The second-order valence-corrected chi connectivity index (χ2v) is 9.43. The Labute approximate surface area is 182 Å². The molecule has 1 fully saturated rings. The summed E-state index contributed by atoms with van der Waals surface area (Å²) in [6, 6.07) is 11.5. The van der Waals surface area contributed by atoms with Gasteiger partial charge in [-0.05, 0) is 56.0 Å². The zero-order chi connectivity index (χ0) is 21.7. The minimum absolute atomic E-state index is 0.158. The molecule has 2 aromatic rings. The van der Waals surface area contributed by atoms with Crippen molar-refractivity contribution < 1.29 is 22.1 Å². The topological polar surface area (TPSA) is 84.9 Å². The van der Waals surface area contributed by atoms with Crippen LogP contribution in [0.3, 0.4) is 0 Å². The quantitative estimate of drug-likeness (QED) is 0.565. The summed E-state index contributed by atoms with van der Waals surface area (Å²) in [6.07, 6.45) is 2.11. The number of rotatable bonds is 9. The average molecular weight is 453 g/mol. The Morgan fingerprint density at radius 2 is 1.93 bits per heavy atom. The van der Waals surface area contributed by atoms with Crippen LogP contribution >= 0.6 is 11.6 Å². The molecule has 0 spiro atoms. The Morgan fingerprint density at radius 3 is 2.60 bits per heavy atom. The number of hydrogen-bond acceptors (Lipinski definition) is 5. The molecule has 0 saturated heterocycles. The van der Waals surface area contributed by atoms with E-state index in [9.17, 15) is 13.2 Å². The summed E-state index contributed by atoms with van der Waals surface area (Å²) in [7, 11) is -2.17. The number of ether oxygens (including phenoxy) is 1. The Bertz CT molecular complexity index is 1010. The van der Waals surface area contributed by atoms with Crippen molar-refractivity contribution in [2.75, 3.05) is 24.7 Å². The summed E-state index contributed by atoms with van der Waals surface area (Å²) in [4.78, 5) is 14.7. The van der Waals surface area contributed by atoms with Gasteiger partial charge in [-0.15, -0.1) is 0 Å². The van der Waals surface area contributed by atoms with Crippen molar-refractivity contribution in [3.05, 3.63) is 53.1 Å². The van der Waals surface area contributed by atoms with Crippen LogP contribution in [0.2, 0.25) is 5.02 Å². The second kappa shape index (κ2) is 9.57. The summed E-state index contributed by atoms with van der Waals surface area (Å²) in [6.45, 7) is 2.21. The highest BCUT2D eigenvalue weighted by atomic mass is 35.5. The third-order valence-corrected chi connectivity index (χ3v) is 6.14. The Morgan fingerprint density at radius 1 is 1.20 bits per heavy atom. The van der Waals surface area contributed by atoms with E-state index < -0.39 is 10.1 Å². The minimum Gasteiger partial charge on any atom is -0.495 e. The first-order valence-electron chi connectivity index (χ1n) is 9.71. The van der Waals surface area contributed by atoms with Crippen LogP contribution in [0.4, 0.5) is 10.5 Å². The van der Waals surface area contributed by atoms with Crippen molar-refractivity contribution in [2.45, 2.75) is 26.3 Å². The average Bonchev–Trinajstić information content (AvgIpc) is 3.54. The number of carbonyl (C=O) groups is 1. The number of amides is 2. The van der Waals surface area contributed by atoms with Crippen molar-refractivity contribution in [2.24, 2.45) is 5.92 Å². The predicted octanol–water partition coefficient (Wildman–Crippen LogP) is 4.52. The van der Waals surface area contributed by atoms with E-state index in [1.54, 1.807) is 29.2 Å². The van der Waals surface area contributed by atoms with Crippen molar-refractivity contribution in [1.29, 1.82) is 0 Å². The molecule has 1 aliphatic carbocycles. The molecule has 162 valence electrons. The molecular weight excluding hydrogens is 428 g/mol. The lowest BCUT2D eigenvalue weighted by atomic mass is 10.2. The first-order chi connectivity index (χ1) is 14.3. The molecule has 0 aliphatic heterocycles. The zero-order valence-electron chi connectivity index (χ0n) is 16.9. The summed E-state index contributed by atoms with van der Waals surface area (Å²) in [5, 5.41) is 3.31. The molecule has 2 aromatic carbocycles. The normalized spacial score (nSPS) is 13.6. The molecule has 1 N–H and O–H groups in total. The molecule has 7 nitrogen and oxygen atoms in total. The molecule has 1 aliphatic rings. The van der Waals surface area contributed by atoms with Gasteiger partial charge in [0, 0.05) is 17.1 Å². The molecule has 3 rings (SSSR count). The Balaban J connectivity index is 1.84. The lowest BCUT2D eigenvalue weighted by molar-refractivity contribution is 0.206. The van der Waals surface area contributed by atoms with Crippen LogP contribution in [0.1, 0.15) is 25.3 Å². The smallest absolute Gasteiger partial charge is 0.322 e. The van der Waals surface area contributed by atoms with Crippen LogP contribution in [-0.2, 0) is 16.7 Å². The van der Waals surface area contributed by atoms with E-state index in [-0.39, 0.29) is 24.1 Å². The van der Waals surface area contributed by atoms with E-state index in [0.717, 1.165) is 12.8 Å². The maximum Gasteiger partial charge on any atom is 0.322 e. The summed E-state index contributed by atoms with van der Waals surface area (Å²) >= 11 is 6.13. The summed E-state index contributed by atoms with van der Waals surface area (Å²) in [5.41, 5.74) is 1.08. The predicted molar refractivity (Wildman–Crippen MR) is 117 cm³/mol. The van der Waals surface area contributed by atoms with Gasteiger partial charge in [-0.2, -0.15) is 8.42 Å². The molecule has 2 amide bonds. The van der Waals surface area contributed by atoms with Gasteiger partial charge >= 0.3 is 16.1 Å². The zero-order valence-corrected chi connectivity index (χ0v) is 18.5. The SMILES string of the molecule is CCS(=O)(=O)Oc1ccc(Cl)cc1CN(CC1CC1)C(=O)Nc1ccccc1OC. The number of anilines is 1. The summed E-state index contributed by atoms with van der Waals surface area (Å²) in [5.74, 6) is 0.997. The number of nitrogens with one attached hydrogen (secondary N) is 1. The van der Waals surface area contributed by atoms with E-state index in [0.29, 0.717) is 34.5 Å². The van der Waals surface area contributed by atoms with Gasteiger partial charge in [0.2, 0.25) is 0 Å². The van der Waals surface area contributed by atoms with E-state index in [1.165, 1.54) is 20.1 Å². The first kappa shape index (κ1) is 22.2. The highest BCUT2D eigenvalue weighted by molar-refractivity contribution is 7.87. The van der Waals surface area contributed by atoms with Gasteiger partial charge in [0.25, 0.3) is 0 Å². The fourth-order valence-electron chi connectivity index (χ4n) is 2.93. The lowest BCUT2D eigenvalue weighted by Gasteiger charge is -2.25. The molecular formula is C21H25ClN2O5S. The molecule has 0 aromatic heterocycles. The Kier molecular flexibility index (Phi) is 7.10. The lowest BCUT2D eigenvalue weighted by Crippen LogP contribution is -2.36. The van der Waals surface area contributed by atoms with Crippen molar-refractivity contribution in [1.82, 2.24) is 4.90 Å². The molecule has 9 heteroatoms. The maximum absolute atomic E-state index is 13.1. The number of nitrogens with zero attached hydrogens (tertiary/aromatic N) is 1. The number of methoxy groups -OCH3 is 1. The van der Waals surface area contributed by atoms with Gasteiger partial charge in [-0.25, -0.2) is 4.79 Å². The first-order valence-corrected chi connectivity index (χ1v) is 11.7. The van der Waals surface area contributed by atoms with Crippen LogP contribution in [0.5, 0.6) is 11.5 Å². The van der Waals surface area contributed by atoms with E-state index in [1.807, 2.05) is 12.1 Å². The maximum atomic E-state index is 13.1. The van der Waals surface area contributed by atoms with E-state index in [4.69, 9.17) is 20.5 Å². The molecule has 0 atom stereocenters. The van der Waals surface area contributed by atoms with Crippen LogP contribution in [0.15, 0.2) is 42.5 Å². The number of urea groups is 1. The van der Waals surface area contributed by atoms with Gasteiger partial charge in [-0.3, -0.25) is 0 Å². The Hall–Kier alpha value is -2.45. The molecule has 30 heavy (non-hydrogen) atoms. The molecule has 1 saturated carbocycles. The minimum atomic E-state index is -3.71. The van der Waals surface area contributed by atoms with Crippen LogP contribution < -0.4 is 14.2 Å². The van der Waals surface area contributed by atoms with Crippen LogP contribution in [-0.4, -0.2) is 38.8 Å². The van der Waals surface area contributed by atoms with Crippen molar-refractivity contribution >= 4 is 33.4 Å². The molecule has 0 heterocycles. The van der Waals surface area contributed by atoms with Crippen molar-refractivity contribution in [3.8, 4) is 11.5 Å². The van der Waals surface area contributed by atoms with Gasteiger partial charge in [0.05, 0.1) is 25.1 Å². The highest BCUT2D eigenvalue weighted by Gasteiger charge is 2.28. The largest absolute Gasteiger partial charge is 0.495 e. The van der Waals surface area contributed by atoms with Gasteiger partial charge in [0.15, 0.2) is 0 Å². The third-order valence-electron chi connectivity index (χ3n) is 4.77. The van der Waals surface area contributed by atoms with E-state index in [2.05, 4.69) is 5.32 Å². The van der Waals surface area contributed by atoms with Crippen LogP contribution in [0.25, 0.3) is 0 Å². The van der Waals surface area contributed by atoms with Gasteiger partial charge in [0.1, 0.15) is 11.5 Å². The number of halogens is 1. The molecule has 0 unspecified atom stereocenters. The van der Waals surface area contributed by atoms with Crippen LogP contribution in [0, 0.1) is 5.92 Å². The monoisotopic (exact) mass is 452 g/mol.